The van der Waals surface area contributed by atoms with Crippen molar-refractivity contribution in [3.8, 4) is 0 Å². The first-order valence-corrected chi connectivity index (χ1v) is 13.4. The van der Waals surface area contributed by atoms with Gasteiger partial charge in [0.05, 0.1) is 16.1 Å². The lowest BCUT2D eigenvalue weighted by molar-refractivity contribution is 0.249. The highest BCUT2D eigenvalue weighted by molar-refractivity contribution is 7.89. The number of hydrogen-bond donors (Lipinski definition) is 3. The fraction of sp³-hybridized carbons (Fsp3) is 0.269. The van der Waals surface area contributed by atoms with E-state index < -0.39 is 10.0 Å². The Hall–Kier alpha value is -3.60. The minimum Gasteiger partial charge on any atom is -0.337 e. The zero-order chi connectivity index (χ0) is 25.1. The van der Waals surface area contributed by atoms with E-state index in [0.29, 0.717) is 26.1 Å². The van der Waals surface area contributed by atoms with Crippen LogP contribution < -0.4 is 15.4 Å². The Kier molecular flexibility index (Phi) is 6.82. The fourth-order valence-electron chi connectivity index (χ4n) is 4.55. The molecule has 5 rings (SSSR count). The molecule has 0 radical (unpaired) electrons. The number of nitrogens with one attached hydrogen (secondary N) is 3. The van der Waals surface area contributed by atoms with E-state index in [2.05, 4.69) is 30.2 Å². The zero-order valence-electron chi connectivity index (χ0n) is 19.9. The lowest BCUT2D eigenvalue weighted by Crippen LogP contribution is -2.39. The number of anilines is 1. The molecule has 1 saturated heterocycles. The molecule has 186 valence electrons. The van der Waals surface area contributed by atoms with Gasteiger partial charge in [0.15, 0.2) is 0 Å². The van der Waals surface area contributed by atoms with Crippen molar-refractivity contribution in [3.63, 3.8) is 0 Å². The Morgan fingerprint density at radius 2 is 1.97 bits per heavy atom. The van der Waals surface area contributed by atoms with Gasteiger partial charge in [-0.05, 0) is 55.6 Å². The van der Waals surface area contributed by atoms with Crippen molar-refractivity contribution in [1.82, 2.24) is 24.9 Å². The minimum atomic E-state index is -3.64. The highest BCUT2D eigenvalue weighted by Gasteiger charge is 2.27. The van der Waals surface area contributed by atoms with Crippen LogP contribution in [0.4, 0.5) is 10.5 Å². The highest BCUT2D eigenvalue weighted by Crippen LogP contribution is 2.23. The zero-order valence-corrected chi connectivity index (χ0v) is 20.8. The number of sulfonamides is 1. The third-order valence-electron chi connectivity index (χ3n) is 6.32. The van der Waals surface area contributed by atoms with Crippen molar-refractivity contribution < 1.29 is 13.2 Å². The van der Waals surface area contributed by atoms with Crippen molar-refractivity contribution in [3.05, 3.63) is 72.7 Å². The van der Waals surface area contributed by atoms with Crippen molar-refractivity contribution in [2.45, 2.75) is 24.3 Å². The van der Waals surface area contributed by atoms with Crippen LogP contribution in [0.5, 0.6) is 0 Å². The van der Waals surface area contributed by atoms with Crippen LogP contribution in [0.2, 0.25) is 0 Å². The standard InChI is InChI=1S/C26H28N6O3S/c1-18-14-25(23-4-2-3-5-24(23)29-18)30-26(33)28-11-13-32-12-9-21(17-32)31-36(34,35)22-7-6-19-8-10-27-16-20(19)15-22/h2-8,10,14-16,21,31H,9,11-13,17H2,1H3,(H2,28,29,30,33). The van der Waals surface area contributed by atoms with Gasteiger partial charge in [0.25, 0.3) is 0 Å². The van der Waals surface area contributed by atoms with Crippen LogP contribution in [-0.4, -0.2) is 61.5 Å². The molecule has 0 bridgehead atoms. The molecule has 9 nitrogen and oxygen atoms in total. The highest BCUT2D eigenvalue weighted by atomic mass is 32.2. The number of hydrogen-bond acceptors (Lipinski definition) is 6. The molecule has 0 saturated carbocycles. The molecule has 2 aromatic carbocycles. The number of pyridine rings is 2. The number of fused-ring (bicyclic) bond motifs is 2. The average Bonchev–Trinajstić information content (AvgIpc) is 3.30. The minimum absolute atomic E-state index is 0.181. The number of likely N-dealkylation sites (tertiary alicyclic amines) is 1. The molecule has 1 unspecified atom stereocenters. The topological polar surface area (TPSA) is 116 Å². The second-order valence-electron chi connectivity index (χ2n) is 9.00. The molecule has 1 aliphatic heterocycles. The molecule has 1 atom stereocenters. The SMILES string of the molecule is Cc1cc(NC(=O)NCCN2CCC(NS(=O)(=O)c3ccc4ccncc4c3)C2)c2ccccc2n1. The molecule has 3 N–H and O–H groups in total. The van der Waals surface area contributed by atoms with Gasteiger partial charge in [-0.15, -0.1) is 0 Å². The van der Waals surface area contributed by atoms with Crippen molar-refractivity contribution in [1.29, 1.82) is 0 Å². The van der Waals surface area contributed by atoms with Crippen molar-refractivity contribution >= 4 is 43.4 Å². The van der Waals surface area contributed by atoms with Crippen LogP contribution in [0.3, 0.4) is 0 Å². The average molecular weight is 505 g/mol. The normalized spacial score (nSPS) is 16.4. The third kappa shape index (κ3) is 5.46. The maximum absolute atomic E-state index is 12.9. The number of nitrogens with zero attached hydrogens (tertiary/aromatic N) is 3. The molecule has 2 amide bonds. The van der Waals surface area contributed by atoms with Gasteiger partial charge in [0.1, 0.15) is 0 Å². The van der Waals surface area contributed by atoms with E-state index in [1.165, 1.54) is 0 Å². The van der Waals surface area contributed by atoms with E-state index >= 15 is 0 Å². The lowest BCUT2D eigenvalue weighted by Gasteiger charge is -2.17. The van der Waals surface area contributed by atoms with Crippen LogP contribution in [0.15, 0.2) is 71.9 Å². The summed E-state index contributed by atoms with van der Waals surface area (Å²) < 4.78 is 28.7. The van der Waals surface area contributed by atoms with Gasteiger partial charge in [0, 0.05) is 54.5 Å². The maximum atomic E-state index is 12.9. The number of rotatable bonds is 7. The summed E-state index contributed by atoms with van der Waals surface area (Å²) in [7, 11) is -3.64. The molecule has 10 heteroatoms. The summed E-state index contributed by atoms with van der Waals surface area (Å²) in [5.41, 5.74) is 2.38. The number of benzene rings is 2. The van der Waals surface area contributed by atoms with E-state index in [4.69, 9.17) is 0 Å². The van der Waals surface area contributed by atoms with E-state index in [0.717, 1.165) is 39.6 Å². The second-order valence-corrected chi connectivity index (χ2v) is 10.7. The lowest BCUT2D eigenvalue weighted by atomic mass is 10.1. The summed E-state index contributed by atoms with van der Waals surface area (Å²) in [6, 6.07) is 16.0. The fourth-order valence-corrected chi connectivity index (χ4v) is 5.85. The Labute approximate surface area is 210 Å². The summed E-state index contributed by atoms with van der Waals surface area (Å²) in [6.45, 7) is 4.32. The Morgan fingerprint density at radius 1 is 1.11 bits per heavy atom. The first-order valence-electron chi connectivity index (χ1n) is 11.9. The number of para-hydroxylation sites is 1. The molecule has 0 aliphatic carbocycles. The predicted molar refractivity (Wildman–Crippen MR) is 140 cm³/mol. The smallest absolute Gasteiger partial charge is 0.319 e. The molecule has 4 aromatic rings. The Balaban J connectivity index is 1.11. The van der Waals surface area contributed by atoms with Crippen LogP contribution in [0.25, 0.3) is 21.7 Å². The Morgan fingerprint density at radius 3 is 2.86 bits per heavy atom. The maximum Gasteiger partial charge on any atom is 0.319 e. The number of amides is 2. The monoisotopic (exact) mass is 504 g/mol. The van der Waals surface area contributed by atoms with E-state index in [-0.39, 0.29) is 17.0 Å². The van der Waals surface area contributed by atoms with Crippen LogP contribution in [0, 0.1) is 6.92 Å². The van der Waals surface area contributed by atoms with Gasteiger partial charge < -0.3 is 10.6 Å². The molecular formula is C26H28N6O3S. The molecule has 36 heavy (non-hydrogen) atoms. The number of aryl methyl sites for hydroxylation is 1. The second kappa shape index (κ2) is 10.2. The first-order chi connectivity index (χ1) is 17.4. The summed E-state index contributed by atoms with van der Waals surface area (Å²) in [5, 5.41) is 8.42. The molecule has 0 spiro atoms. The predicted octanol–water partition coefficient (Wildman–Crippen LogP) is 3.27. The number of aromatic nitrogens is 2. The molecular weight excluding hydrogens is 476 g/mol. The molecule has 2 aromatic heterocycles. The number of urea groups is 1. The van der Waals surface area contributed by atoms with Gasteiger partial charge in [-0.3, -0.25) is 14.9 Å². The van der Waals surface area contributed by atoms with Gasteiger partial charge in [-0.25, -0.2) is 17.9 Å². The first kappa shape index (κ1) is 24.1. The largest absolute Gasteiger partial charge is 0.337 e. The van der Waals surface area contributed by atoms with Gasteiger partial charge in [-0.1, -0.05) is 24.3 Å². The van der Waals surface area contributed by atoms with Gasteiger partial charge in [0.2, 0.25) is 10.0 Å². The molecule has 3 heterocycles. The van der Waals surface area contributed by atoms with Crippen LogP contribution in [0.1, 0.15) is 12.1 Å². The van der Waals surface area contributed by atoms with Crippen LogP contribution in [-0.2, 0) is 10.0 Å². The molecule has 1 fully saturated rings. The van der Waals surface area contributed by atoms with Gasteiger partial charge >= 0.3 is 6.03 Å². The van der Waals surface area contributed by atoms with Crippen molar-refractivity contribution in [2.75, 3.05) is 31.5 Å². The Bertz CT molecular complexity index is 1520. The summed E-state index contributed by atoms with van der Waals surface area (Å²) in [6.07, 6.45) is 4.05. The number of carbonyl (C=O) groups is 1. The van der Waals surface area contributed by atoms with Gasteiger partial charge in [-0.2, -0.15) is 0 Å². The van der Waals surface area contributed by atoms with Crippen molar-refractivity contribution in [2.24, 2.45) is 0 Å². The van der Waals surface area contributed by atoms with E-state index in [1.54, 1.807) is 30.6 Å². The van der Waals surface area contributed by atoms with E-state index in [9.17, 15) is 13.2 Å². The third-order valence-corrected chi connectivity index (χ3v) is 7.84. The summed E-state index contributed by atoms with van der Waals surface area (Å²) in [5.74, 6) is 0. The van der Waals surface area contributed by atoms with E-state index in [1.807, 2.05) is 43.3 Å². The number of carbonyl (C=O) groups excluding carboxylic acids is 1. The summed E-state index contributed by atoms with van der Waals surface area (Å²) in [4.78, 5) is 23.4. The summed E-state index contributed by atoms with van der Waals surface area (Å²) >= 11 is 0. The van der Waals surface area contributed by atoms with Crippen LogP contribution >= 0.6 is 0 Å². The molecule has 1 aliphatic rings. The quantitative estimate of drug-likeness (QED) is 0.356.